The summed E-state index contributed by atoms with van der Waals surface area (Å²) in [5.41, 5.74) is 2.26. The second-order valence-electron chi connectivity index (χ2n) is 9.63. The first-order valence-corrected chi connectivity index (χ1v) is 11.7. The highest BCUT2D eigenvalue weighted by atomic mass is 19.1. The molecule has 7 nitrogen and oxygen atoms in total. The lowest BCUT2D eigenvalue weighted by atomic mass is 9.92. The van der Waals surface area contributed by atoms with E-state index in [-0.39, 0.29) is 24.1 Å². The summed E-state index contributed by atoms with van der Waals surface area (Å²) < 4.78 is 21.4. The molecule has 2 aromatic heterocycles. The third-order valence-electron chi connectivity index (χ3n) is 5.74. The van der Waals surface area contributed by atoms with Crippen molar-refractivity contribution < 1.29 is 18.4 Å². The summed E-state index contributed by atoms with van der Waals surface area (Å²) in [5.74, 6) is -0.744. The minimum Gasteiger partial charge on any atom is -0.467 e. The van der Waals surface area contributed by atoms with Crippen LogP contribution in [0.1, 0.15) is 48.1 Å². The number of nitrogens with one attached hydrogen (secondary N) is 1. The molecule has 0 atom stereocenters. The van der Waals surface area contributed by atoms with Gasteiger partial charge in [0.2, 0.25) is 5.91 Å². The number of hydrogen-bond donors (Lipinski definition) is 1. The number of para-hydroxylation sites is 1. The molecule has 0 bridgehead atoms. The first-order valence-electron chi connectivity index (χ1n) is 11.7. The average Bonchev–Trinajstić information content (AvgIpc) is 3.49. The number of benzene rings is 2. The van der Waals surface area contributed by atoms with Gasteiger partial charge in [-0.25, -0.2) is 9.07 Å². The number of anilines is 1. The normalized spacial score (nSPS) is 11.4. The molecule has 4 rings (SSSR count). The molecule has 0 aliphatic rings. The van der Waals surface area contributed by atoms with Crippen LogP contribution in [0, 0.1) is 12.7 Å². The van der Waals surface area contributed by atoms with Crippen molar-refractivity contribution in [3.05, 3.63) is 101 Å². The largest absolute Gasteiger partial charge is 0.467 e. The smallest absolute Gasteiger partial charge is 0.257 e. The summed E-state index contributed by atoms with van der Waals surface area (Å²) in [7, 11) is 0. The third-order valence-corrected chi connectivity index (χ3v) is 5.74. The molecule has 1 N–H and O–H groups in total. The molecule has 8 heteroatoms. The molecule has 0 fully saturated rings. The van der Waals surface area contributed by atoms with Crippen molar-refractivity contribution in [1.29, 1.82) is 0 Å². The number of halogens is 1. The lowest BCUT2D eigenvalue weighted by molar-refractivity contribution is -0.117. The lowest BCUT2D eigenvalue weighted by Crippen LogP contribution is -2.38. The van der Waals surface area contributed by atoms with Crippen LogP contribution in [0.25, 0.3) is 5.69 Å². The number of aromatic nitrogens is 2. The Hall–Kier alpha value is -4.20. The van der Waals surface area contributed by atoms with E-state index >= 15 is 0 Å². The number of carbonyl (C=O) groups is 2. The number of carbonyl (C=O) groups excluding carboxylic acids is 2. The minimum atomic E-state index is -0.653. The Balaban J connectivity index is 1.63. The van der Waals surface area contributed by atoms with Crippen LogP contribution in [-0.2, 0) is 16.8 Å². The van der Waals surface area contributed by atoms with E-state index in [1.165, 1.54) is 29.4 Å². The second-order valence-corrected chi connectivity index (χ2v) is 9.63. The molecule has 2 heterocycles. The third kappa shape index (κ3) is 5.54. The number of aryl methyl sites for hydroxylation is 1. The SMILES string of the molecule is Cc1ccccc1-n1nc(C(C)(C)C)cc1NC(=O)CN(Cc1ccco1)C(=O)c1ccccc1F. The summed E-state index contributed by atoms with van der Waals surface area (Å²) in [6.07, 6.45) is 1.48. The molecular weight excluding hydrogens is 459 g/mol. The van der Waals surface area contributed by atoms with Gasteiger partial charge in [0, 0.05) is 11.5 Å². The fourth-order valence-electron chi connectivity index (χ4n) is 3.77. The van der Waals surface area contributed by atoms with Crippen LogP contribution < -0.4 is 5.32 Å². The molecule has 2 amide bonds. The Morgan fingerprint density at radius 3 is 2.44 bits per heavy atom. The van der Waals surface area contributed by atoms with E-state index in [1.54, 1.807) is 22.9 Å². The van der Waals surface area contributed by atoms with Crippen molar-refractivity contribution >= 4 is 17.6 Å². The van der Waals surface area contributed by atoms with Gasteiger partial charge < -0.3 is 14.6 Å². The van der Waals surface area contributed by atoms with Gasteiger partial charge in [-0.2, -0.15) is 5.10 Å². The predicted molar refractivity (Wildman–Crippen MR) is 135 cm³/mol. The van der Waals surface area contributed by atoms with Gasteiger partial charge in [0.1, 0.15) is 23.9 Å². The van der Waals surface area contributed by atoms with Gasteiger partial charge in [-0.15, -0.1) is 0 Å². The van der Waals surface area contributed by atoms with Gasteiger partial charge in [0.05, 0.1) is 29.8 Å². The number of rotatable bonds is 7. The first kappa shape index (κ1) is 24.9. The molecule has 0 saturated carbocycles. The Labute approximate surface area is 209 Å². The van der Waals surface area contributed by atoms with Crippen molar-refractivity contribution in [3.63, 3.8) is 0 Å². The van der Waals surface area contributed by atoms with E-state index in [4.69, 9.17) is 9.52 Å². The van der Waals surface area contributed by atoms with Gasteiger partial charge in [-0.05, 0) is 42.8 Å². The van der Waals surface area contributed by atoms with Crippen molar-refractivity contribution in [3.8, 4) is 5.69 Å². The molecule has 36 heavy (non-hydrogen) atoms. The number of nitrogens with zero attached hydrogens (tertiary/aromatic N) is 3. The molecule has 0 aliphatic heterocycles. The maximum Gasteiger partial charge on any atom is 0.257 e. The van der Waals surface area contributed by atoms with E-state index < -0.39 is 17.6 Å². The minimum absolute atomic E-state index is 0.0118. The standard InChI is InChI=1S/C28H29FN4O3/c1-19-10-5-8-14-23(19)33-25(16-24(31-33)28(2,3)4)30-26(34)18-32(17-20-11-9-15-36-20)27(35)21-12-6-7-13-22(21)29/h5-16H,17-18H2,1-4H3,(H,30,34). The van der Waals surface area contributed by atoms with E-state index in [2.05, 4.69) is 5.32 Å². The van der Waals surface area contributed by atoms with E-state index in [1.807, 2.05) is 58.0 Å². The predicted octanol–water partition coefficient (Wildman–Crippen LogP) is 5.49. The molecule has 4 aromatic rings. The molecule has 0 spiro atoms. The highest BCUT2D eigenvalue weighted by molar-refractivity contribution is 5.99. The summed E-state index contributed by atoms with van der Waals surface area (Å²) >= 11 is 0. The van der Waals surface area contributed by atoms with Crippen LogP contribution in [0.2, 0.25) is 0 Å². The van der Waals surface area contributed by atoms with E-state index in [0.29, 0.717) is 11.6 Å². The summed E-state index contributed by atoms with van der Waals surface area (Å²) in [4.78, 5) is 27.7. The van der Waals surface area contributed by atoms with Crippen molar-refractivity contribution in [2.45, 2.75) is 39.7 Å². The Morgan fingerprint density at radius 1 is 1.06 bits per heavy atom. The number of furan rings is 1. The van der Waals surface area contributed by atoms with Crippen LogP contribution in [0.4, 0.5) is 10.2 Å². The highest BCUT2D eigenvalue weighted by Crippen LogP contribution is 2.27. The van der Waals surface area contributed by atoms with Crippen LogP contribution in [0.15, 0.2) is 77.4 Å². The van der Waals surface area contributed by atoms with Gasteiger partial charge in [0.15, 0.2) is 0 Å². The Bertz CT molecular complexity index is 1370. The topological polar surface area (TPSA) is 80.4 Å². The zero-order chi connectivity index (χ0) is 25.9. The quantitative estimate of drug-likeness (QED) is 0.373. The monoisotopic (exact) mass is 488 g/mol. The zero-order valence-electron chi connectivity index (χ0n) is 20.8. The second kappa shape index (κ2) is 10.2. The maximum atomic E-state index is 14.4. The number of amides is 2. The van der Waals surface area contributed by atoms with Gasteiger partial charge in [0.25, 0.3) is 5.91 Å². The summed E-state index contributed by atoms with van der Waals surface area (Å²) in [5, 5.41) is 7.66. The molecule has 186 valence electrons. The van der Waals surface area contributed by atoms with Crippen molar-refractivity contribution in [2.24, 2.45) is 0 Å². The van der Waals surface area contributed by atoms with Gasteiger partial charge >= 0.3 is 0 Å². The molecule has 0 radical (unpaired) electrons. The van der Waals surface area contributed by atoms with Crippen LogP contribution >= 0.6 is 0 Å². The molecule has 0 aliphatic carbocycles. The average molecular weight is 489 g/mol. The zero-order valence-corrected chi connectivity index (χ0v) is 20.8. The molecule has 0 unspecified atom stereocenters. The van der Waals surface area contributed by atoms with Crippen LogP contribution in [0.5, 0.6) is 0 Å². The fraction of sp³-hybridized carbons (Fsp3) is 0.250. The molecule has 2 aromatic carbocycles. The summed E-state index contributed by atoms with van der Waals surface area (Å²) in [6.45, 7) is 7.80. The first-order chi connectivity index (χ1) is 17.1. The van der Waals surface area contributed by atoms with Crippen LogP contribution in [-0.4, -0.2) is 33.0 Å². The van der Waals surface area contributed by atoms with Gasteiger partial charge in [-0.1, -0.05) is 51.1 Å². The lowest BCUT2D eigenvalue weighted by Gasteiger charge is -2.22. The van der Waals surface area contributed by atoms with E-state index in [9.17, 15) is 14.0 Å². The van der Waals surface area contributed by atoms with E-state index in [0.717, 1.165) is 16.9 Å². The van der Waals surface area contributed by atoms with Gasteiger partial charge in [-0.3, -0.25) is 9.59 Å². The van der Waals surface area contributed by atoms with Crippen molar-refractivity contribution in [2.75, 3.05) is 11.9 Å². The van der Waals surface area contributed by atoms with Crippen LogP contribution in [0.3, 0.4) is 0 Å². The highest BCUT2D eigenvalue weighted by Gasteiger charge is 2.25. The molecular formula is C28H29FN4O3. The van der Waals surface area contributed by atoms with Crippen molar-refractivity contribution in [1.82, 2.24) is 14.7 Å². The number of hydrogen-bond acceptors (Lipinski definition) is 4. The Morgan fingerprint density at radius 2 is 1.78 bits per heavy atom. The molecule has 0 saturated heterocycles. The summed E-state index contributed by atoms with van der Waals surface area (Å²) in [6, 6.07) is 18.7. The fourth-order valence-corrected chi connectivity index (χ4v) is 3.77. The maximum absolute atomic E-state index is 14.4. The Kier molecular flexibility index (Phi) is 7.05.